The summed E-state index contributed by atoms with van der Waals surface area (Å²) in [6, 6.07) is 18.6. The third kappa shape index (κ3) is 4.82. The van der Waals surface area contributed by atoms with E-state index in [9.17, 15) is 9.59 Å². The Labute approximate surface area is 178 Å². The maximum atomic E-state index is 12.9. The maximum Gasteiger partial charge on any atom is 0.321 e. The third-order valence-electron chi connectivity index (χ3n) is 6.11. The summed E-state index contributed by atoms with van der Waals surface area (Å²) in [5, 5.41) is 2.81. The molecule has 0 bridgehead atoms. The zero-order valence-electron chi connectivity index (χ0n) is 17.6. The van der Waals surface area contributed by atoms with Gasteiger partial charge in [-0.3, -0.25) is 14.6 Å². The van der Waals surface area contributed by atoms with Gasteiger partial charge in [-0.25, -0.2) is 4.79 Å². The van der Waals surface area contributed by atoms with Crippen LogP contribution >= 0.6 is 0 Å². The summed E-state index contributed by atoms with van der Waals surface area (Å²) in [7, 11) is 2.15. The van der Waals surface area contributed by atoms with Gasteiger partial charge in [0.1, 0.15) is 0 Å². The highest BCUT2D eigenvalue weighted by Gasteiger charge is 2.26. The van der Waals surface area contributed by atoms with Crippen molar-refractivity contribution in [3.8, 4) is 0 Å². The van der Waals surface area contributed by atoms with E-state index in [1.54, 1.807) is 4.90 Å². The summed E-state index contributed by atoms with van der Waals surface area (Å²) in [6.45, 7) is 3.88. The number of rotatable bonds is 6. The van der Waals surface area contributed by atoms with Gasteiger partial charge in [0.15, 0.2) is 0 Å². The van der Waals surface area contributed by atoms with Crippen molar-refractivity contribution in [1.82, 2.24) is 15.1 Å². The van der Waals surface area contributed by atoms with Crippen LogP contribution in [-0.2, 0) is 17.8 Å². The van der Waals surface area contributed by atoms with Crippen molar-refractivity contribution in [2.24, 2.45) is 0 Å². The highest BCUT2D eigenvalue weighted by molar-refractivity contribution is 5.94. The Kier molecular flexibility index (Phi) is 6.33. The SMILES string of the molecule is CN(Cc1ccccc1)C1CCCN(C(=O)Cc2ccc(N3CCNC3=O)cc2)C1. The number of hydrogen-bond acceptors (Lipinski definition) is 3. The lowest BCUT2D eigenvalue weighted by atomic mass is 10.0. The van der Waals surface area contributed by atoms with E-state index in [0.29, 0.717) is 25.6 Å². The standard InChI is InChI=1S/C24H30N4O2/c1-26(17-20-6-3-2-4-7-20)22-8-5-14-27(18-22)23(29)16-19-9-11-21(12-10-19)28-15-13-25-24(28)30/h2-4,6-7,9-12,22H,5,8,13-18H2,1H3,(H,25,30). The van der Waals surface area contributed by atoms with Crippen molar-refractivity contribution in [2.75, 3.05) is 38.1 Å². The largest absolute Gasteiger partial charge is 0.341 e. The number of carbonyl (C=O) groups excluding carboxylic acids is 2. The number of hydrogen-bond donors (Lipinski definition) is 1. The molecular weight excluding hydrogens is 376 g/mol. The van der Waals surface area contributed by atoms with Crippen LogP contribution in [0.3, 0.4) is 0 Å². The highest BCUT2D eigenvalue weighted by atomic mass is 16.2. The van der Waals surface area contributed by atoms with Gasteiger partial charge in [-0.1, -0.05) is 42.5 Å². The Morgan fingerprint density at radius 2 is 1.83 bits per heavy atom. The number of anilines is 1. The van der Waals surface area contributed by atoms with Crippen molar-refractivity contribution in [3.05, 3.63) is 65.7 Å². The molecule has 6 heteroatoms. The highest BCUT2D eigenvalue weighted by Crippen LogP contribution is 2.20. The lowest BCUT2D eigenvalue weighted by Crippen LogP contribution is -2.48. The van der Waals surface area contributed by atoms with Crippen molar-refractivity contribution < 1.29 is 9.59 Å². The molecule has 6 nitrogen and oxygen atoms in total. The summed E-state index contributed by atoms with van der Waals surface area (Å²) in [6.07, 6.45) is 2.57. The maximum absolute atomic E-state index is 12.9. The molecule has 158 valence electrons. The molecular formula is C24H30N4O2. The first-order chi connectivity index (χ1) is 14.6. The van der Waals surface area contributed by atoms with E-state index in [1.165, 1.54) is 5.56 Å². The number of nitrogens with one attached hydrogen (secondary N) is 1. The fourth-order valence-electron chi connectivity index (χ4n) is 4.34. The predicted octanol–water partition coefficient (Wildman–Crippen LogP) is 2.88. The summed E-state index contributed by atoms with van der Waals surface area (Å²) < 4.78 is 0. The van der Waals surface area contributed by atoms with Crippen LogP contribution < -0.4 is 10.2 Å². The summed E-state index contributed by atoms with van der Waals surface area (Å²) in [5.74, 6) is 0.180. The van der Waals surface area contributed by atoms with E-state index in [2.05, 4.69) is 41.5 Å². The van der Waals surface area contributed by atoms with Gasteiger partial charge in [-0.2, -0.15) is 0 Å². The van der Waals surface area contributed by atoms with Crippen LogP contribution in [0.15, 0.2) is 54.6 Å². The van der Waals surface area contributed by atoms with Gasteiger partial charge in [0.05, 0.1) is 6.42 Å². The number of likely N-dealkylation sites (N-methyl/N-ethyl adjacent to an activating group) is 1. The smallest absolute Gasteiger partial charge is 0.321 e. The number of piperidine rings is 1. The number of nitrogens with zero attached hydrogens (tertiary/aromatic N) is 3. The minimum atomic E-state index is -0.0576. The molecule has 0 aromatic heterocycles. The fraction of sp³-hybridized carbons (Fsp3) is 0.417. The normalized spacial score (nSPS) is 19.3. The van der Waals surface area contributed by atoms with E-state index in [-0.39, 0.29) is 11.9 Å². The number of amides is 3. The third-order valence-corrected chi connectivity index (χ3v) is 6.11. The zero-order chi connectivity index (χ0) is 20.9. The Morgan fingerprint density at radius 3 is 2.53 bits per heavy atom. The van der Waals surface area contributed by atoms with E-state index < -0.39 is 0 Å². The summed E-state index contributed by atoms with van der Waals surface area (Å²) in [5.41, 5.74) is 3.17. The van der Waals surface area contributed by atoms with Crippen molar-refractivity contribution in [1.29, 1.82) is 0 Å². The number of urea groups is 1. The first-order valence-corrected chi connectivity index (χ1v) is 10.8. The van der Waals surface area contributed by atoms with Crippen LogP contribution in [0.4, 0.5) is 10.5 Å². The average molecular weight is 407 g/mol. The van der Waals surface area contributed by atoms with Gasteiger partial charge in [0.2, 0.25) is 5.91 Å². The molecule has 2 aromatic carbocycles. The first-order valence-electron chi connectivity index (χ1n) is 10.8. The molecule has 2 aliphatic heterocycles. The van der Waals surface area contributed by atoms with Crippen LogP contribution in [0, 0.1) is 0 Å². The van der Waals surface area contributed by atoms with E-state index in [4.69, 9.17) is 0 Å². The molecule has 4 rings (SSSR count). The second-order valence-electron chi connectivity index (χ2n) is 8.26. The van der Waals surface area contributed by atoms with Crippen molar-refractivity contribution in [2.45, 2.75) is 31.8 Å². The molecule has 3 amide bonds. The molecule has 1 N–H and O–H groups in total. The summed E-state index contributed by atoms with van der Waals surface area (Å²) >= 11 is 0. The molecule has 1 unspecified atom stereocenters. The Balaban J connectivity index is 1.32. The molecule has 1 atom stereocenters. The summed E-state index contributed by atoms with van der Waals surface area (Å²) in [4.78, 5) is 30.8. The Bertz CT molecular complexity index is 869. The van der Waals surface area contributed by atoms with Gasteiger partial charge in [0.25, 0.3) is 0 Å². The van der Waals surface area contributed by atoms with Gasteiger partial charge in [-0.15, -0.1) is 0 Å². The van der Waals surface area contributed by atoms with Crippen LogP contribution in [0.25, 0.3) is 0 Å². The van der Waals surface area contributed by atoms with Crippen molar-refractivity contribution in [3.63, 3.8) is 0 Å². The van der Waals surface area contributed by atoms with Crippen LogP contribution in [-0.4, -0.2) is 61.0 Å². The molecule has 0 saturated carbocycles. The Hall–Kier alpha value is -2.86. The number of likely N-dealkylation sites (tertiary alicyclic amines) is 1. The van der Waals surface area contributed by atoms with Gasteiger partial charge in [-0.05, 0) is 43.1 Å². The molecule has 2 saturated heterocycles. The molecule has 0 aliphatic carbocycles. The molecule has 2 heterocycles. The fourth-order valence-corrected chi connectivity index (χ4v) is 4.34. The number of carbonyl (C=O) groups is 2. The van der Waals surface area contributed by atoms with Gasteiger partial charge >= 0.3 is 6.03 Å². The minimum absolute atomic E-state index is 0.0576. The topological polar surface area (TPSA) is 55.9 Å². The molecule has 2 aliphatic rings. The van der Waals surface area contributed by atoms with E-state index in [0.717, 1.165) is 43.7 Å². The molecule has 2 aromatic rings. The molecule has 30 heavy (non-hydrogen) atoms. The van der Waals surface area contributed by atoms with E-state index in [1.807, 2.05) is 35.2 Å². The Morgan fingerprint density at radius 1 is 1.07 bits per heavy atom. The van der Waals surface area contributed by atoms with Crippen LogP contribution in [0.2, 0.25) is 0 Å². The van der Waals surface area contributed by atoms with Gasteiger partial charge < -0.3 is 10.2 Å². The zero-order valence-corrected chi connectivity index (χ0v) is 17.6. The quantitative estimate of drug-likeness (QED) is 0.803. The monoisotopic (exact) mass is 406 g/mol. The number of benzene rings is 2. The molecule has 0 spiro atoms. The van der Waals surface area contributed by atoms with Crippen LogP contribution in [0.5, 0.6) is 0 Å². The second-order valence-corrected chi connectivity index (χ2v) is 8.26. The lowest BCUT2D eigenvalue weighted by molar-refractivity contribution is -0.132. The molecule has 2 fully saturated rings. The first kappa shape index (κ1) is 20.4. The molecule has 0 radical (unpaired) electrons. The lowest BCUT2D eigenvalue weighted by Gasteiger charge is -2.38. The van der Waals surface area contributed by atoms with Crippen LogP contribution in [0.1, 0.15) is 24.0 Å². The minimum Gasteiger partial charge on any atom is -0.341 e. The van der Waals surface area contributed by atoms with Crippen molar-refractivity contribution >= 4 is 17.6 Å². The van der Waals surface area contributed by atoms with Gasteiger partial charge in [0, 0.05) is 44.5 Å². The second kappa shape index (κ2) is 9.30. The average Bonchev–Trinajstić information content (AvgIpc) is 3.21. The predicted molar refractivity (Wildman–Crippen MR) is 118 cm³/mol. The van der Waals surface area contributed by atoms with E-state index >= 15 is 0 Å².